The Labute approximate surface area is 121 Å². The maximum Gasteiger partial charge on any atom is 0.204 e. The Hall–Kier alpha value is -0.783. The number of nitrogens with one attached hydrogen (secondary N) is 1. The Morgan fingerprint density at radius 3 is 2.68 bits per heavy atom. The standard InChI is InChI=1S/C14H21N2OSSi/c1-19(17)10-7-12-3-5-13(6-4-12)11-18-14-15-8-2-9-16-14/h3-6,17H,2,7-11H2,1H3,(H,15,16). The average Bonchev–Trinajstić information content (AvgIpc) is 2.45. The van der Waals surface area contributed by atoms with Crippen molar-refractivity contribution in [3.8, 4) is 0 Å². The van der Waals surface area contributed by atoms with E-state index in [4.69, 9.17) is 0 Å². The predicted molar refractivity (Wildman–Crippen MR) is 85.0 cm³/mol. The Morgan fingerprint density at radius 2 is 2.05 bits per heavy atom. The summed E-state index contributed by atoms with van der Waals surface area (Å²) in [6, 6.07) is 9.66. The summed E-state index contributed by atoms with van der Waals surface area (Å²) in [4.78, 5) is 13.8. The summed E-state index contributed by atoms with van der Waals surface area (Å²) < 4.78 is 0. The first kappa shape index (κ1) is 14.6. The SMILES string of the molecule is C[Si](O)CCc1ccc(CSC2=NCCCN2)cc1. The number of aryl methyl sites for hydroxylation is 1. The number of hydrogen-bond acceptors (Lipinski definition) is 4. The quantitative estimate of drug-likeness (QED) is 0.820. The van der Waals surface area contributed by atoms with Gasteiger partial charge < -0.3 is 10.1 Å². The molecule has 1 aliphatic rings. The molecular formula is C14H21N2OSSi. The van der Waals surface area contributed by atoms with Crippen LogP contribution in [0.4, 0.5) is 0 Å². The molecule has 19 heavy (non-hydrogen) atoms. The molecule has 0 amide bonds. The van der Waals surface area contributed by atoms with Crippen molar-refractivity contribution in [1.82, 2.24) is 5.32 Å². The van der Waals surface area contributed by atoms with E-state index in [2.05, 4.69) is 34.6 Å². The molecule has 5 heteroatoms. The highest BCUT2D eigenvalue weighted by atomic mass is 32.2. The zero-order valence-corrected chi connectivity index (χ0v) is 13.2. The molecule has 0 aromatic heterocycles. The van der Waals surface area contributed by atoms with E-state index in [1.165, 1.54) is 11.1 Å². The maximum absolute atomic E-state index is 9.38. The van der Waals surface area contributed by atoms with Crippen molar-refractivity contribution >= 4 is 26.0 Å². The van der Waals surface area contributed by atoms with Crippen LogP contribution in [-0.4, -0.2) is 32.1 Å². The minimum absolute atomic E-state index is 0.930. The Bertz CT molecular complexity index is 420. The van der Waals surface area contributed by atoms with Gasteiger partial charge >= 0.3 is 0 Å². The minimum Gasteiger partial charge on any atom is -0.432 e. The van der Waals surface area contributed by atoms with Crippen molar-refractivity contribution in [3.63, 3.8) is 0 Å². The van der Waals surface area contributed by atoms with Crippen LogP contribution in [0, 0.1) is 0 Å². The van der Waals surface area contributed by atoms with Crippen molar-refractivity contribution < 1.29 is 4.80 Å². The van der Waals surface area contributed by atoms with Gasteiger partial charge in [0.1, 0.15) is 0 Å². The molecule has 1 aliphatic heterocycles. The van der Waals surface area contributed by atoms with Gasteiger partial charge in [-0.2, -0.15) is 0 Å². The normalized spacial score (nSPS) is 15.2. The van der Waals surface area contributed by atoms with Crippen LogP contribution in [-0.2, 0) is 12.2 Å². The molecule has 2 rings (SSSR count). The van der Waals surface area contributed by atoms with E-state index < -0.39 is 9.04 Å². The molecule has 103 valence electrons. The first-order valence-corrected chi connectivity index (χ1v) is 9.88. The molecule has 2 N–H and O–H groups in total. The van der Waals surface area contributed by atoms with Crippen LogP contribution in [0.3, 0.4) is 0 Å². The monoisotopic (exact) mass is 293 g/mol. The van der Waals surface area contributed by atoms with E-state index in [0.29, 0.717) is 0 Å². The lowest BCUT2D eigenvalue weighted by atomic mass is 10.1. The summed E-state index contributed by atoms with van der Waals surface area (Å²) >= 11 is 1.78. The third kappa shape index (κ3) is 5.38. The van der Waals surface area contributed by atoms with Gasteiger partial charge in [-0.05, 0) is 36.6 Å². The number of nitrogens with zero attached hydrogens (tertiary/aromatic N) is 1. The third-order valence-electron chi connectivity index (χ3n) is 3.04. The van der Waals surface area contributed by atoms with Gasteiger partial charge in [-0.1, -0.05) is 36.0 Å². The van der Waals surface area contributed by atoms with Crippen LogP contribution in [0.25, 0.3) is 0 Å². The second-order valence-electron chi connectivity index (χ2n) is 4.81. The molecule has 0 atom stereocenters. The van der Waals surface area contributed by atoms with Crippen molar-refractivity contribution in [2.24, 2.45) is 4.99 Å². The molecule has 0 bridgehead atoms. The lowest BCUT2D eigenvalue weighted by molar-refractivity contribution is 0.575. The first-order valence-electron chi connectivity index (χ1n) is 6.74. The van der Waals surface area contributed by atoms with Gasteiger partial charge in [0.25, 0.3) is 0 Å². The highest BCUT2D eigenvalue weighted by Crippen LogP contribution is 2.16. The summed E-state index contributed by atoms with van der Waals surface area (Å²) in [5.74, 6) is 0.967. The molecule has 1 heterocycles. The summed E-state index contributed by atoms with van der Waals surface area (Å²) in [7, 11) is -1.09. The molecule has 0 aliphatic carbocycles. The number of benzene rings is 1. The number of hydrogen-bond donors (Lipinski definition) is 2. The van der Waals surface area contributed by atoms with Crippen LogP contribution in [0.15, 0.2) is 29.3 Å². The molecular weight excluding hydrogens is 272 g/mol. The second kappa shape index (κ2) is 7.72. The van der Waals surface area contributed by atoms with Crippen molar-refractivity contribution in [1.29, 1.82) is 0 Å². The van der Waals surface area contributed by atoms with Crippen LogP contribution >= 0.6 is 11.8 Å². The van der Waals surface area contributed by atoms with Crippen LogP contribution in [0.1, 0.15) is 17.5 Å². The van der Waals surface area contributed by atoms with Crippen LogP contribution in [0.5, 0.6) is 0 Å². The Kier molecular flexibility index (Phi) is 5.94. The molecule has 0 saturated carbocycles. The molecule has 0 saturated heterocycles. The van der Waals surface area contributed by atoms with Gasteiger partial charge in [0.2, 0.25) is 9.04 Å². The van der Waals surface area contributed by atoms with Gasteiger partial charge in [-0.15, -0.1) is 0 Å². The third-order valence-corrected chi connectivity index (χ3v) is 5.04. The Morgan fingerprint density at radius 1 is 1.32 bits per heavy atom. The largest absolute Gasteiger partial charge is 0.432 e. The lowest BCUT2D eigenvalue weighted by Crippen LogP contribution is -2.26. The first-order chi connectivity index (χ1) is 9.24. The zero-order chi connectivity index (χ0) is 13.5. The average molecular weight is 293 g/mol. The smallest absolute Gasteiger partial charge is 0.204 e. The molecule has 1 radical (unpaired) electrons. The van der Waals surface area contributed by atoms with Crippen molar-refractivity contribution in [2.45, 2.75) is 31.2 Å². The molecule has 0 spiro atoms. The second-order valence-corrected chi connectivity index (χ2v) is 7.74. The molecule has 1 aromatic carbocycles. The van der Waals surface area contributed by atoms with Gasteiger partial charge in [0.05, 0.1) is 0 Å². The number of amidine groups is 1. The fourth-order valence-electron chi connectivity index (χ4n) is 1.89. The van der Waals surface area contributed by atoms with Crippen molar-refractivity contribution in [3.05, 3.63) is 35.4 Å². The van der Waals surface area contributed by atoms with E-state index in [-0.39, 0.29) is 0 Å². The van der Waals surface area contributed by atoms with E-state index in [1.54, 1.807) is 11.8 Å². The van der Waals surface area contributed by atoms with Crippen LogP contribution < -0.4 is 5.32 Å². The molecule has 0 unspecified atom stereocenters. The maximum atomic E-state index is 9.38. The molecule has 1 aromatic rings. The highest BCUT2D eigenvalue weighted by molar-refractivity contribution is 8.13. The minimum atomic E-state index is -1.09. The van der Waals surface area contributed by atoms with Crippen molar-refractivity contribution in [2.75, 3.05) is 13.1 Å². The number of rotatable bonds is 5. The van der Waals surface area contributed by atoms with E-state index in [1.807, 2.05) is 6.55 Å². The summed E-state index contributed by atoms with van der Waals surface area (Å²) in [5, 5.41) is 4.40. The number of aliphatic imine (C=N–C) groups is 1. The molecule has 0 fully saturated rings. The topological polar surface area (TPSA) is 44.6 Å². The summed E-state index contributed by atoms with van der Waals surface area (Å²) in [6.07, 6.45) is 2.13. The van der Waals surface area contributed by atoms with Crippen LogP contribution in [0.2, 0.25) is 12.6 Å². The molecule has 3 nitrogen and oxygen atoms in total. The highest BCUT2D eigenvalue weighted by Gasteiger charge is 2.05. The fourth-order valence-corrected chi connectivity index (χ4v) is 3.42. The zero-order valence-electron chi connectivity index (χ0n) is 11.4. The summed E-state index contributed by atoms with van der Waals surface area (Å²) in [6.45, 7) is 3.94. The Balaban J connectivity index is 1.79. The van der Waals surface area contributed by atoms with Gasteiger partial charge in [-0.25, -0.2) is 0 Å². The van der Waals surface area contributed by atoms with Gasteiger partial charge in [-0.3, -0.25) is 4.99 Å². The predicted octanol–water partition coefficient (Wildman–Crippen LogP) is 2.43. The number of thioether (sulfide) groups is 1. The van der Waals surface area contributed by atoms with Gasteiger partial charge in [0, 0.05) is 18.8 Å². The lowest BCUT2D eigenvalue weighted by Gasteiger charge is -2.13. The van der Waals surface area contributed by atoms with Gasteiger partial charge in [0.15, 0.2) is 5.17 Å². The van der Waals surface area contributed by atoms with E-state index in [9.17, 15) is 4.80 Å². The fraction of sp³-hybridized carbons (Fsp3) is 0.500. The van der Waals surface area contributed by atoms with E-state index >= 15 is 0 Å². The van der Waals surface area contributed by atoms with E-state index in [0.717, 1.165) is 42.9 Å². The summed E-state index contributed by atoms with van der Waals surface area (Å²) in [5.41, 5.74) is 2.65.